The van der Waals surface area contributed by atoms with Crippen LogP contribution in [0.15, 0.2) is 30.3 Å². The van der Waals surface area contributed by atoms with E-state index in [0.717, 1.165) is 17.4 Å². The average Bonchev–Trinajstić information content (AvgIpc) is 2.83. The molecule has 1 heterocycles. The predicted octanol–water partition coefficient (Wildman–Crippen LogP) is 3.37. The zero-order chi connectivity index (χ0) is 13.8. The molecule has 0 amide bonds. The molecule has 2 aromatic rings. The van der Waals surface area contributed by atoms with Gasteiger partial charge in [-0.05, 0) is 20.9 Å². The summed E-state index contributed by atoms with van der Waals surface area (Å²) in [4.78, 5) is 8.33. The summed E-state index contributed by atoms with van der Waals surface area (Å²) >= 11 is 1.77. The number of hydrogen-bond acceptors (Lipinski definition) is 4. The summed E-state index contributed by atoms with van der Waals surface area (Å²) in [5.41, 5.74) is 2.29. The fourth-order valence-electron chi connectivity index (χ4n) is 1.81. The Morgan fingerprint density at radius 1 is 1.26 bits per heavy atom. The number of nitrogens with zero attached hydrogens (tertiary/aromatic N) is 2. The Bertz CT molecular complexity index is 519. The minimum Gasteiger partial charge on any atom is -0.349 e. The molecule has 0 saturated carbocycles. The van der Waals surface area contributed by atoms with E-state index in [0.29, 0.717) is 6.04 Å². The zero-order valence-electron chi connectivity index (χ0n) is 12.0. The quantitative estimate of drug-likeness (QED) is 0.906. The third-order valence-corrected chi connectivity index (χ3v) is 4.29. The largest absolute Gasteiger partial charge is 0.349 e. The highest BCUT2D eigenvalue weighted by Crippen LogP contribution is 2.33. The molecule has 0 bridgehead atoms. The third kappa shape index (κ3) is 3.14. The molecular weight excluding hydrogens is 254 g/mol. The lowest BCUT2D eigenvalue weighted by Gasteiger charge is -2.19. The number of anilines is 1. The van der Waals surface area contributed by atoms with E-state index in [9.17, 15) is 0 Å². The van der Waals surface area contributed by atoms with Crippen molar-refractivity contribution in [3.8, 4) is 11.3 Å². The summed E-state index contributed by atoms with van der Waals surface area (Å²) in [6, 6.07) is 10.8. The molecule has 2 rings (SSSR count). The Kier molecular flexibility index (Phi) is 4.56. The lowest BCUT2D eigenvalue weighted by atomic mass is 10.1. The molecule has 0 radical (unpaired) electrons. The van der Waals surface area contributed by atoms with Crippen molar-refractivity contribution in [2.24, 2.45) is 0 Å². The topological polar surface area (TPSA) is 28.2 Å². The Morgan fingerprint density at radius 3 is 2.53 bits per heavy atom. The zero-order valence-corrected chi connectivity index (χ0v) is 12.8. The van der Waals surface area contributed by atoms with Crippen molar-refractivity contribution in [2.75, 3.05) is 19.0 Å². The second kappa shape index (κ2) is 6.17. The van der Waals surface area contributed by atoms with Gasteiger partial charge in [0.25, 0.3) is 0 Å². The van der Waals surface area contributed by atoms with Gasteiger partial charge in [0.15, 0.2) is 5.13 Å². The third-order valence-electron chi connectivity index (χ3n) is 3.15. The molecule has 1 aromatic heterocycles. The first-order valence-corrected chi connectivity index (χ1v) is 7.37. The highest BCUT2D eigenvalue weighted by atomic mass is 32.1. The van der Waals surface area contributed by atoms with E-state index in [1.165, 1.54) is 10.4 Å². The molecule has 0 aliphatic heterocycles. The van der Waals surface area contributed by atoms with Gasteiger partial charge in [0.2, 0.25) is 0 Å². The summed E-state index contributed by atoms with van der Waals surface area (Å²) < 4.78 is 0. The fraction of sp³-hybridized carbons (Fsp3) is 0.400. The molecule has 102 valence electrons. The first kappa shape index (κ1) is 14.0. The Morgan fingerprint density at radius 2 is 1.95 bits per heavy atom. The summed E-state index contributed by atoms with van der Waals surface area (Å²) in [7, 11) is 4.07. The standard InChI is InChI=1S/C15H21N3S/c1-11(2)18(4)15-17-14(13(19-15)10-16-3)12-8-6-5-7-9-12/h5-9,11,16H,10H2,1-4H3. The molecule has 0 aliphatic rings. The minimum absolute atomic E-state index is 0.456. The van der Waals surface area contributed by atoms with Gasteiger partial charge in [0, 0.05) is 30.1 Å². The van der Waals surface area contributed by atoms with E-state index in [1.807, 2.05) is 13.1 Å². The van der Waals surface area contributed by atoms with Gasteiger partial charge in [0.05, 0.1) is 5.69 Å². The molecule has 3 nitrogen and oxygen atoms in total. The highest BCUT2D eigenvalue weighted by molar-refractivity contribution is 7.16. The number of rotatable bonds is 5. The normalized spacial score (nSPS) is 11.0. The molecule has 0 aliphatic carbocycles. The number of benzene rings is 1. The van der Waals surface area contributed by atoms with Gasteiger partial charge in [-0.15, -0.1) is 0 Å². The van der Waals surface area contributed by atoms with Crippen LogP contribution in [-0.4, -0.2) is 25.1 Å². The van der Waals surface area contributed by atoms with Crippen molar-refractivity contribution in [1.29, 1.82) is 0 Å². The van der Waals surface area contributed by atoms with E-state index in [-0.39, 0.29) is 0 Å². The van der Waals surface area contributed by atoms with Gasteiger partial charge in [-0.2, -0.15) is 0 Å². The van der Waals surface area contributed by atoms with Gasteiger partial charge in [-0.3, -0.25) is 0 Å². The van der Waals surface area contributed by atoms with Gasteiger partial charge in [-0.1, -0.05) is 41.7 Å². The van der Waals surface area contributed by atoms with E-state index in [2.05, 4.69) is 55.4 Å². The van der Waals surface area contributed by atoms with E-state index < -0.39 is 0 Å². The molecule has 19 heavy (non-hydrogen) atoms. The smallest absolute Gasteiger partial charge is 0.186 e. The fourth-order valence-corrected chi connectivity index (χ4v) is 3.00. The molecule has 1 N–H and O–H groups in total. The summed E-state index contributed by atoms with van der Waals surface area (Å²) in [6.07, 6.45) is 0. The first-order valence-electron chi connectivity index (χ1n) is 6.56. The average molecular weight is 275 g/mol. The van der Waals surface area contributed by atoms with Crippen LogP contribution in [0.4, 0.5) is 5.13 Å². The molecule has 0 atom stereocenters. The van der Waals surface area contributed by atoms with Crippen LogP contribution in [-0.2, 0) is 6.54 Å². The van der Waals surface area contributed by atoms with Crippen molar-refractivity contribution < 1.29 is 0 Å². The van der Waals surface area contributed by atoms with Gasteiger partial charge < -0.3 is 10.2 Å². The number of aromatic nitrogens is 1. The van der Waals surface area contributed by atoms with E-state index >= 15 is 0 Å². The van der Waals surface area contributed by atoms with Gasteiger partial charge >= 0.3 is 0 Å². The lowest BCUT2D eigenvalue weighted by molar-refractivity contribution is 0.752. The van der Waals surface area contributed by atoms with Gasteiger partial charge in [0.1, 0.15) is 0 Å². The van der Waals surface area contributed by atoms with E-state index in [4.69, 9.17) is 4.98 Å². The summed E-state index contributed by atoms with van der Waals surface area (Å²) in [5.74, 6) is 0. The van der Waals surface area contributed by atoms with Crippen LogP contribution in [0.25, 0.3) is 11.3 Å². The van der Waals surface area contributed by atoms with E-state index in [1.54, 1.807) is 11.3 Å². The minimum atomic E-state index is 0.456. The van der Waals surface area contributed by atoms with Crippen molar-refractivity contribution in [3.63, 3.8) is 0 Å². The number of thiazole rings is 1. The maximum absolute atomic E-state index is 4.82. The monoisotopic (exact) mass is 275 g/mol. The van der Waals surface area contributed by atoms with Crippen molar-refractivity contribution in [3.05, 3.63) is 35.2 Å². The Labute approximate surface area is 119 Å². The molecule has 0 spiro atoms. The van der Waals surface area contributed by atoms with Gasteiger partial charge in [-0.25, -0.2) is 4.98 Å². The second-order valence-electron chi connectivity index (χ2n) is 4.87. The van der Waals surface area contributed by atoms with Crippen LogP contribution in [0.5, 0.6) is 0 Å². The second-order valence-corrected chi connectivity index (χ2v) is 5.93. The van der Waals surface area contributed by atoms with Crippen LogP contribution < -0.4 is 10.2 Å². The number of hydrogen-bond donors (Lipinski definition) is 1. The van der Waals surface area contributed by atoms with Crippen molar-refractivity contribution >= 4 is 16.5 Å². The molecule has 0 unspecified atom stereocenters. The first-order chi connectivity index (χ1) is 9.13. The predicted molar refractivity (Wildman–Crippen MR) is 83.9 cm³/mol. The Balaban J connectivity index is 2.42. The van der Waals surface area contributed by atoms with Crippen LogP contribution in [0.3, 0.4) is 0 Å². The summed E-state index contributed by atoms with van der Waals surface area (Å²) in [5, 5.41) is 4.31. The van der Waals surface area contributed by atoms with Crippen LogP contribution >= 0.6 is 11.3 Å². The maximum Gasteiger partial charge on any atom is 0.186 e. The Hall–Kier alpha value is -1.39. The SMILES string of the molecule is CNCc1sc(N(C)C(C)C)nc1-c1ccccc1. The molecule has 0 saturated heterocycles. The van der Waals surface area contributed by atoms with Crippen molar-refractivity contribution in [2.45, 2.75) is 26.4 Å². The van der Waals surface area contributed by atoms with Crippen LogP contribution in [0.1, 0.15) is 18.7 Å². The molecule has 1 aromatic carbocycles. The summed E-state index contributed by atoms with van der Waals surface area (Å²) in [6.45, 7) is 5.22. The number of nitrogens with one attached hydrogen (secondary N) is 1. The molecule has 0 fully saturated rings. The molecular formula is C15H21N3S. The maximum atomic E-state index is 4.82. The van der Waals surface area contributed by atoms with Crippen LogP contribution in [0, 0.1) is 0 Å². The van der Waals surface area contributed by atoms with Crippen molar-refractivity contribution in [1.82, 2.24) is 10.3 Å². The van der Waals surface area contributed by atoms with Crippen LogP contribution in [0.2, 0.25) is 0 Å². The highest BCUT2D eigenvalue weighted by Gasteiger charge is 2.16. The lowest BCUT2D eigenvalue weighted by Crippen LogP contribution is -2.25. The molecule has 4 heteroatoms.